The van der Waals surface area contributed by atoms with Crippen LogP contribution in [0, 0.1) is 5.41 Å². The van der Waals surface area contributed by atoms with E-state index in [4.69, 9.17) is 5.73 Å². The maximum absolute atomic E-state index is 6.66. The van der Waals surface area contributed by atoms with Crippen molar-refractivity contribution < 1.29 is 0 Å². The third-order valence-corrected chi connectivity index (χ3v) is 5.79. The highest BCUT2D eigenvalue weighted by atomic mass is 32.1. The predicted octanol–water partition coefficient (Wildman–Crippen LogP) is 4.87. The predicted molar refractivity (Wildman–Crippen MR) is 79.9 cm³/mol. The second kappa shape index (κ2) is 4.67. The quantitative estimate of drug-likeness (QED) is 0.836. The summed E-state index contributed by atoms with van der Waals surface area (Å²) in [6, 6.07) is 8.86. The minimum atomic E-state index is 0.209. The molecule has 0 spiro atoms. The zero-order chi connectivity index (χ0) is 12.6. The lowest BCUT2D eigenvalue weighted by molar-refractivity contribution is 0.223. The van der Waals surface area contributed by atoms with Crippen LogP contribution in [-0.4, -0.2) is 0 Å². The van der Waals surface area contributed by atoms with Crippen LogP contribution in [-0.2, 0) is 0 Å². The highest BCUT2D eigenvalue weighted by molar-refractivity contribution is 7.17. The fourth-order valence-corrected chi connectivity index (χ4v) is 4.53. The summed E-state index contributed by atoms with van der Waals surface area (Å²) in [4.78, 5) is 0. The van der Waals surface area contributed by atoms with Gasteiger partial charge in [0.25, 0.3) is 0 Å². The van der Waals surface area contributed by atoms with Crippen LogP contribution in [0.4, 0.5) is 0 Å². The van der Waals surface area contributed by atoms with Crippen LogP contribution in [0.5, 0.6) is 0 Å². The molecule has 1 aliphatic carbocycles. The molecule has 0 bridgehead atoms. The molecule has 1 fully saturated rings. The van der Waals surface area contributed by atoms with E-state index in [1.165, 1.54) is 47.8 Å². The van der Waals surface area contributed by atoms with Gasteiger partial charge in [-0.15, -0.1) is 11.3 Å². The highest BCUT2D eigenvalue weighted by Crippen LogP contribution is 2.50. The highest BCUT2D eigenvalue weighted by Gasteiger charge is 2.39. The van der Waals surface area contributed by atoms with E-state index in [-0.39, 0.29) is 6.04 Å². The Balaban J connectivity index is 2.03. The Hall–Kier alpha value is -0.860. The van der Waals surface area contributed by atoms with Gasteiger partial charge in [0.05, 0.1) is 0 Å². The van der Waals surface area contributed by atoms with Gasteiger partial charge in [0, 0.05) is 10.7 Å². The van der Waals surface area contributed by atoms with Crippen LogP contribution >= 0.6 is 11.3 Å². The zero-order valence-corrected chi connectivity index (χ0v) is 11.8. The fraction of sp³-hybridized carbons (Fsp3) is 0.500. The Morgan fingerprint density at radius 3 is 2.72 bits per heavy atom. The summed E-state index contributed by atoms with van der Waals surface area (Å²) in [6.07, 6.45) is 6.51. The number of hydrogen-bond acceptors (Lipinski definition) is 2. The maximum atomic E-state index is 6.66. The van der Waals surface area contributed by atoms with Crippen molar-refractivity contribution in [3.05, 3.63) is 35.2 Å². The number of rotatable bonds is 3. The monoisotopic (exact) mass is 259 g/mol. The van der Waals surface area contributed by atoms with E-state index in [9.17, 15) is 0 Å². The Morgan fingerprint density at radius 2 is 2.00 bits per heavy atom. The van der Waals surface area contributed by atoms with Gasteiger partial charge >= 0.3 is 0 Å². The molecule has 1 nitrogen and oxygen atoms in total. The average molecular weight is 259 g/mol. The van der Waals surface area contributed by atoms with Crippen LogP contribution in [0.15, 0.2) is 29.6 Å². The molecule has 0 saturated heterocycles. The summed E-state index contributed by atoms with van der Waals surface area (Å²) in [5.41, 5.74) is 8.39. The molecule has 1 aliphatic rings. The Bertz CT molecular complexity index is 537. The summed E-state index contributed by atoms with van der Waals surface area (Å²) in [5, 5.41) is 3.65. The largest absolute Gasteiger partial charge is 0.323 e. The third kappa shape index (κ3) is 1.79. The molecule has 3 rings (SSSR count). The topological polar surface area (TPSA) is 26.0 Å². The second-order valence-electron chi connectivity index (χ2n) is 5.59. The summed E-state index contributed by atoms with van der Waals surface area (Å²) in [6.45, 7) is 2.31. The molecule has 2 aromatic rings. The van der Waals surface area contributed by atoms with Crippen molar-refractivity contribution in [3.8, 4) is 0 Å². The number of fused-ring (bicyclic) bond motifs is 1. The lowest BCUT2D eigenvalue weighted by atomic mass is 9.74. The van der Waals surface area contributed by atoms with Gasteiger partial charge < -0.3 is 5.73 Å². The van der Waals surface area contributed by atoms with Crippen molar-refractivity contribution in [3.63, 3.8) is 0 Å². The van der Waals surface area contributed by atoms with Gasteiger partial charge in [-0.3, -0.25) is 0 Å². The Labute approximate surface area is 113 Å². The van der Waals surface area contributed by atoms with Crippen molar-refractivity contribution in [1.29, 1.82) is 0 Å². The van der Waals surface area contributed by atoms with Crippen molar-refractivity contribution in [2.45, 2.75) is 45.1 Å². The molecular weight excluding hydrogens is 238 g/mol. The van der Waals surface area contributed by atoms with Crippen LogP contribution in [0.3, 0.4) is 0 Å². The first kappa shape index (κ1) is 12.2. The van der Waals surface area contributed by atoms with E-state index in [2.05, 4.69) is 36.6 Å². The summed E-state index contributed by atoms with van der Waals surface area (Å²) in [5.74, 6) is 0. The lowest BCUT2D eigenvalue weighted by Gasteiger charge is -2.34. The molecule has 2 N–H and O–H groups in total. The number of hydrogen-bond donors (Lipinski definition) is 1. The first-order valence-electron chi connectivity index (χ1n) is 6.98. The normalized spacial score (nSPS) is 20.3. The summed E-state index contributed by atoms with van der Waals surface area (Å²) >= 11 is 1.83. The van der Waals surface area contributed by atoms with Gasteiger partial charge in [-0.05, 0) is 47.1 Å². The van der Waals surface area contributed by atoms with Crippen LogP contribution in [0.2, 0.25) is 0 Å². The molecule has 1 saturated carbocycles. The molecule has 18 heavy (non-hydrogen) atoms. The van der Waals surface area contributed by atoms with Crippen molar-refractivity contribution >= 4 is 21.4 Å². The van der Waals surface area contributed by atoms with Crippen LogP contribution in [0.25, 0.3) is 10.1 Å². The minimum Gasteiger partial charge on any atom is -0.323 e. The van der Waals surface area contributed by atoms with E-state index in [0.29, 0.717) is 5.41 Å². The van der Waals surface area contributed by atoms with E-state index < -0.39 is 0 Å². The Morgan fingerprint density at radius 1 is 1.28 bits per heavy atom. The first-order chi connectivity index (χ1) is 8.77. The van der Waals surface area contributed by atoms with E-state index in [1.807, 2.05) is 11.3 Å². The van der Waals surface area contributed by atoms with Gasteiger partial charge in [0.15, 0.2) is 0 Å². The lowest BCUT2D eigenvalue weighted by Crippen LogP contribution is -2.31. The van der Waals surface area contributed by atoms with Gasteiger partial charge in [0.2, 0.25) is 0 Å². The first-order valence-corrected chi connectivity index (χ1v) is 7.86. The van der Waals surface area contributed by atoms with Gasteiger partial charge in [-0.2, -0.15) is 0 Å². The maximum Gasteiger partial charge on any atom is 0.0366 e. The van der Waals surface area contributed by atoms with Crippen LogP contribution in [0.1, 0.15) is 50.6 Å². The average Bonchev–Trinajstić information content (AvgIpc) is 3.05. The molecule has 1 aromatic heterocycles. The number of nitrogens with two attached hydrogens (primary N) is 1. The van der Waals surface area contributed by atoms with Gasteiger partial charge in [0.1, 0.15) is 0 Å². The molecule has 1 aromatic carbocycles. The zero-order valence-electron chi connectivity index (χ0n) is 11.0. The SMILES string of the molecule is CCC1(C(N)c2csc3ccccc23)CCCC1. The fourth-order valence-electron chi connectivity index (χ4n) is 3.53. The molecule has 1 heterocycles. The second-order valence-corrected chi connectivity index (χ2v) is 6.50. The molecule has 0 radical (unpaired) electrons. The molecular formula is C16H21NS. The summed E-state index contributed by atoms with van der Waals surface area (Å²) in [7, 11) is 0. The molecule has 0 amide bonds. The molecule has 1 atom stereocenters. The summed E-state index contributed by atoms with van der Waals surface area (Å²) < 4.78 is 1.37. The molecule has 2 heteroatoms. The minimum absolute atomic E-state index is 0.209. The van der Waals surface area contributed by atoms with Crippen molar-refractivity contribution in [2.24, 2.45) is 11.1 Å². The number of thiophene rings is 1. The molecule has 96 valence electrons. The van der Waals surface area contributed by atoms with E-state index in [1.54, 1.807) is 0 Å². The van der Waals surface area contributed by atoms with Gasteiger partial charge in [-0.1, -0.05) is 38.0 Å². The standard InChI is InChI=1S/C16H21NS/c1-2-16(9-5-6-10-16)15(17)13-11-18-14-8-4-3-7-12(13)14/h3-4,7-8,11,15H,2,5-6,9-10,17H2,1H3. The smallest absolute Gasteiger partial charge is 0.0366 e. The van der Waals surface area contributed by atoms with Gasteiger partial charge in [-0.25, -0.2) is 0 Å². The molecule has 0 aliphatic heterocycles. The van der Waals surface area contributed by atoms with E-state index >= 15 is 0 Å². The van der Waals surface area contributed by atoms with Crippen molar-refractivity contribution in [2.75, 3.05) is 0 Å². The van der Waals surface area contributed by atoms with Crippen molar-refractivity contribution in [1.82, 2.24) is 0 Å². The van der Waals surface area contributed by atoms with E-state index in [0.717, 1.165) is 0 Å². The Kier molecular flexibility index (Phi) is 3.16. The number of benzene rings is 1. The molecule has 1 unspecified atom stereocenters. The third-order valence-electron chi connectivity index (χ3n) is 4.81. The van der Waals surface area contributed by atoms with Crippen LogP contribution < -0.4 is 5.73 Å².